The van der Waals surface area contributed by atoms with Gasteiger partial charge < -0.3 is 41.1 Å². The number of likely N-dealkylation sites (tertiary alicyclic amines) is 1. The third-order valence-electron chi connectivity index (χ3n) is 7.07. The van der Waals surface area contributed by atoms with E-state index < -0.39 is 35.5 Å². The molecule has 186 valence electrons. The van der Waals surface area contributed by atoms with Gasteiger partial charge in [0.25, 0.3) is 5.91 Å². The van der Waals surface area contributed by atoms with E-state index in [1.165, 1.54) is 18.1 Å². The molecule has 1 unspecified atom stereocenters. The number of guanidine groups is 2. The number of imide groups is 1. The molecule has 4 aliphatic rings. The first kappa shape index (κ1) is 22.9. The Kier molecular flexibility index (Phi) is 5.10. The maximum atomic E-state index is 12.9. The SMILES string of the molecule is COc1cccc(C(=O)NC2CN3C(=N)N[C@@H](CN4C(=O)CCC4=O)[C@@H]4NC(=N)N[C@@]43C2(O)O)c1. The number of nitrogens with zero attached hydrogens (tertiary/aromatic N) is 2. The zero-order valence-corrected chi connectivity index (χ0v) is 18.8. The zero-order chi connectivity index (χ0) is 25.1. The molecule has 1 aromatic carbocycles. The first-order valence-electron chi connectivity index (χ1n) is 11.1. The van der Waals surface area contributed by atoms with Crippen LogP contribution in [0.15, 0.2) is 24.3 Å². The van der Waals surface area contributed by atoms with Crippen molar-refractivity contribution in [2.45, 2.75) is 42.4 Å². The van der Waals surface area contributed by atoms with Gasteiger partial charge in [-0.15, -0.1) is 0 Å². The Balaban J connectivity index is 1.45. The van der Waals surface area contributed by atoms with Crippen LogP contribution in [0.1, 0.15) is 23.2 Å². The van der Waals surface area contributed by atoms with Crippen LogP contribution >= 0.6 is 0 Å². The summed E-state index contributed by atoms with van der Waals surface area (Å²) < 4.78 is 5.14. The van der Waals surface area contributed by atoms with E-state index in [2.05, 4.69) is 21.3 Å². The molecule has 35 heavy (non-hydrogen) atoms. The zero-order valence-electron chi connectivity index (χ0n) is 18.8. The van der Waals surface area contributed by atoms with E-state index in [4.69, 9.17) is 15.6 Å². The number of hydrogen-bond acceptors (Lipinski definition) is 8. The molecule has 3 amide bonds. The van der Waals surface area contributed by atoms with Gasteiger partial charge in [-0.1, -0.05) is 6.07 Å². The summed E-state index contributed by atoms with van der Waals surface area (Å²) in [5.74, 6) is -3.93. The summed E-state index contributed by atoms with van der Waals surface area (Å²) in [5, 5.41) is 50.7. The lowest BCUT2D eigenvalue weighted by atomic mass is 9.84. The Morgan fingerprint density at radius 3 is 2.63 bits per heavy atom. The van der Waals surface area contributed by atoms with Crippen molar-refractivity contribution in [2.75, 3.05) is 20.2 Å². The van der Waals surface area contributed by atoms with Crippen LogP contribution in [0.2, 0.25) is 0 Å². The molecule has 4 aliphatic heterocycles. The molecule has 4 atom stereocenters. The van der Waals surface area contributed by atoms with Gasteiger partial charge in [0.2, 0.25) is 17.6 Å². The highest BCUT2D eigenvalue weighted by Crippen LogP contribution is 2.43. The van der Waals surface area contributed by atoms with Gasteiger partial charge in [0.1, 0.15) is 11.8 Å². The number of aliphatic hydroxyl groups is 2. The summed E-state index contributed by atoms with van der Waals surface area (Å²) in [6.07, 6.45) is 0.184. The van der Waals surface area contributed by atoms with Crippen molar-refractivity contribution < 1.29 is 29.3 Å². The summed E-state index contributed by atoms with van der Waals surface area (Å²) in [7, 11) is 1.46. The maximum Gasteiger partial charge on any atom is 0.251 e. The molecule has 0 radical (unpaired) electrons. The Labute approximate surface area is 199 Å². The number of rotatable bonds is 5. The number of amides is 3. The minimum atomic E-state index is -2.66. The fourth-order valence-corrected chi connectivity index (χ4v) is 5.36. The summed E-state index contributed by atoms with van der Waals surface area (Å²) in [6.45, 7) is -0.291. The second-order valence-electron chi connectivity index (χ2n) is 8.98. The van der Waals surface area contributed by atoms with Gasteiger partial charge in [0.15, 0.2) is 17.6 Å². The lowest BCUT2D eigenvalue weighted by molar-refractivity contribution is -0.232. The minimum absolute atomic E-state index is 0.0920. The Hall–Kier alpha value is -3.91. The predicted molar refractivity (Wildman–Crippen MR) is 119 cm³/mol. The first-order valence-corrected chi connectivity index (χ1v) is 11.1. The van der Waals surface area contributed by atoms with Gasteiger partial charge in [0.05, 0.1) is 25.7 Å². The molecule has 0 aliphatic carbocycles. The lowest BCUT2D eigenvalue weighted by Gasteiger charge is -2.51. The fraction of sp³-hybridized carbons (Fsp3) is 0.476. The van der Waals surface area contributed by atoms with Crippen molar-refractivity contribution in [1.29, 1.82) is 10.8 Å². The van der Waals surface area contributed by atoms with E-state index in [1.54, 1.807) is 18.2 Å². The van der Waals surface area contributed by atoms with Crippen LogP contribution in [0, 0.1) is 10.8 Å². The molecule has 4 saturated heterocycles. The second kappa shape index (κ2) is 7.81. The molecule has 1 spiro atoms. The van der Waals surface area contributed by atoms with Crippen molar-refractivity contribution in [2.24, 2.45) is 0 Å². The number of benzene rings is 1. The quantitative estimate of drug-likeness (QED) is 0.157. The molecule has 4 heterocycles. The molecule has 8 N–H and O–H groups in total. The normalized spacial score (nSPS) is 30.9. The fourth-order valence-electron chi connectivity index (χ4n) is 5.36. The average molecular weight is 486 g/mol. The third-order valence-corrected chi connectivity index (χ3v) is 7.07. The van der Waals surface area contributed by atoms with Crippen molar-refractivity contribution in [1.82, 2.24) is 31.1 Å². The average Bonchev–Trinajstić information content (AvgIpc) is 3.42. The third kappa shape index (κ3) is 3.28. The highest BCUT2D eigenvalue weighted by atomic mass is 16.5. The van der Waals surface area contributed by atoms with E-state index in [9.17, 15) is 24.6 Å². The van der Waals surface area contributed by atoms with Crippen molar-refractivity contribution >= 4 is 29.6 Å². The van der Waals surface area contributed by atoms with Crippen LogP contribution in [0.25, 0.3) is 0 Å². The van der Waals surface area contributed by atoms with Crippen LogP contribution in [0.4, 0.5) is 0 Å². The van der Waals surface area contributed by atoms with Gasteiger partial charge in [-0.2, -0.15) is 0 Å². The number of methoxy groups -OCH3 is 1. The van der Waals surface area contributed by atoms with E-state index in [-0.39, 0.29) is 55.2 Å². The molecule has 5 rings (SSSR count). The summed E-state index contributed by atoms with van der Waals surface area (Å²) in [5.41, 5.74) is -1.59. The van der Waals surface area contributed by atoms with Crippen LogP contribution in [0.5, 0.6) is 5.75 Å². The van der Waals surface area contributed by atoms with Gasteiger partial charge in [-0.05, 0) is 18.2 Å². The van der Waals surface area contributed by atoms with Crippen molar-refractivity contribution in [3.8, 4) is 5.75 Å². The topological polar surface area (TPSA) is 203 Å². The van der Waals surface area contributed by atoms with Gasteiger partial charge in [0, 0.05) is 24.9 Å². The Bertz CT molecular complexity index is 1120. The van der Waals surface area contributed by atoms with Crippen molar-refractivity contribution in [3.63, 3.8) is 0 Å². The number of carbonyl (C=O) groups is 3. The van der Waals surface area contributed by atoms with Crippen molar-refractivity contribution in [3.05, 3.63) is 29.8 Å². The molecular weight excluding hydrogens is 460 g/mol. The van der Waals surface area contributed by atoms with E-state index >= 15 is 0 Å². The number of hydrogen-bond donors (Lipinski definition) is 8. The van der Waals surface area contributed by atoms with Gasteiger partial charge in [-0.25, -0.2) is 0 Å². The molecular formula is C21H26N8O6. The molecule has 0 saturated carbocycles. The second-order valence-corrected chi connectivity index (χ2v) is 8.98. The van der Waals surface area contributed by atoms with Crippen LogP contribution < -0.4 is 26.0 Å². The maximum absolute atomic E-state index is 12.9. The van der Waals surface area contributed by atoms with Gasteiger partial charge >= 0.3 is 0 Å². The summed E-state index contributed by atoms with van der Waals surface area (Å²) in [4.78, 5) is 39.7. The highest BCUT2D eigenvalue weighted by molar-refractivity contribution is 6.02. The minimum Gasteiger partial charge on any atom is -0.497 e. The first-order chi connectivity index (χ1) is 16.6. The molecule has 0 aromatic heterocycles. The Morgan fingerprint density at radius 2 is 1.94 bits per heavy atom. The molecule has 1 aromatic rings. The van der Waals surface area contributed by atoms with E-state index in [0.717, 1.165) is 4.90 Å². The standard InChI is InChI=1S/C21H26N8O6/c1-35-11-4-2-3-10(7-11)17(32)25-13-9-29-19(23)24-12(8-28-14(30)5-6-15(28)31)16-20(29,21(13,33)34)27-18(22)26-16/h2-4,7,12-13,16,33-34H,5-6,8-9H2,1H3,(H2,23,24)(H,25,32)(H3,22,26,27)/t12-,13?,16-,20-/m0/s1. The van der Waals surface area contributed by atoms with Gasteiger partial charge in [-0.3, -0.25) is 30.1 Å². The van der Waals surface area contributed by atoms with E-state index in [1.807, 2.05) is 0 Å². The monoisotopic (exact) mass is 486 g/mol. The van der Waals surface area contributed by atoms with Crippen LogP contribution in [-0.2, 0) is 9.59 Å². The number of ether oxygens (including phenoxy) is 1. The molecule has 14 heteroatoms. The predicted octanol–water partition coefficient (Wildman–Crippen LogP) is -2.96. The Morgan fingerprint density at radius 1 is 1.23 bits per heavy atom. The van der Waals surface area contributed by atoms with Crippen LogP contribution in [-0.4, -0.2) is 99.4 Å². The smallest absolute Gasteiger partial charge is 0.251 e. The van der Waals surface area contributed by atoms with Crippen LogP contribution in [0.3, 0.4) is 0 Å². The largest absolute Gasteiger partial charge is 0.497 e. The molecule has 14 nitrogen and oxygen atoms in total. The highest BCUT2D eigenvalue weighted by Gasteiger charge is 2.74. The lowest BCUT2D eigenvalue weighted by Crippen LogP contribution is -2.81. The molecule has 4 fully saturated rings. The van der Waals surface area contributed by atoms with E-state index in [0.29, 0.717) is 5.75 Å². The number of nitrogens with one attached hydrogen (secondary N) is 6. The summed E-state index contributed by atoms with van der Waals surface area (Å²) in [6, 6.07) is 3.32. The summed E-state index contributed by atoms with van der Waals surface area (Å²) >= 11 is 0. The molecule has 0 bridgehead atoms. The number of carbonyl (C=O) groups excluding carboxylic acids is 3.